The predicted molar refractivity (Wildman–Crippen MR) is 108 cm³/mol. The highest BCUT2D eigenvalue weighted by Gasteiger charge is 2.39. The van der Waals surface area contributed by atoms with Crippen LogP contribution in [0.25, 0.3) is 0 Å². The van der Waals surface area contributed by atoms with Crippen LogP contribution in [0.5, 0.6) is 5.75 Å². The SMILES string of the molecule is O=C(Nc1ccccn1)C(CC1CCCC1)N1C(=O)Cc2cc(OC(F)(F)F)ccc21. The number of anilines is 2. The van der Waals surface area contributed by atoms with Crippen LogP contribution >= 0.6 is 0 Å². The normalized spacial score (nSPS) is 17.5. The van der Waals surface area contributed by atoms with Gasteiger partial charge in [-0.25, -0.2) is 4.98 Å². The van der Waals surface area contributed by atoms with Crippen molar-refractivity contribution in [1.82, 2.24) is 4.98 Å². The summed E-state index contributed by atoms with van der Waals surface area (Å²) in [6.45, 7) is 0. The summed E-state index contributed by atoms with van der Waals surface area (Å²) in [7, 11) is 0. The van der Waals surface area contributed by atoms with Gasteiger partial charge in [0, 0.05) is 11.9 Å². The summed E-state index contributed by atoms with van der Waals surface area (Å²) in [5, 5.41) is 2.77. The maximum absolute atomic E-state index is 13.2. The van der Waals surface area contributed by atoms with E-state index in [2.05, 4.69) is 15.0 Å². The number of halogens is 3. The van der Waals surface area contributed by atoms with Gasteiger partial charge in [-0.2, -0.15) is 0 Å². The largest absolute Gasteiger partial charge is 0.573 e. The molecule has 1 aromatic carbocycles. The molecule has 1 aliphatic carbocycles. The number of carbonyl (C=O) groups excluding carboxylic acids is 2. The molecule has 0 bridgehead atoms. The second-order valence-electron chi connectivity index (χ2n) is 7.89. The number of ether oxygens (including phenoxy) is 1. The van der Waals surface area contributed by atoms with Crippen LogP contribution < -0.4 is 15.0 Å². The molecule has 2 aromatic rings. The number of carbonyl (C=O) groups is 2. The molecule has 1 saturated carbocycles. The number of pyridine rings is 1. The number of nitrogens with zero attached hydrogens (tertiary/aromatic N) is 2. The molecule has 0 radical (unpaired) electrons. The summed E-state index contributed by atoms with van der Waals surface area (Å²) in [5.41, 5.74) is 0.854. The lowest BCUT2D eigenvalue weighted by atomic mass is 9.96. The molecule has 1 N–H and O–H groups in total. The van der Waals surface area contributed by atoms with Gasteiger partial charge in [-0.15, -0.1) is 13.2 Å². The van der Waals surface area contributed by atoms with E-state index in [9.17, 15) is 22.8 Å². The van der Waals surface area contributed by atoms with Crippen LogP contribution in [0, 0.1) is 5.92 Å². The first-order valence-electron chi connectivity index (χ1n) is 10.2. The average molecular weight is 433 g/mol. The zero-order valence-electron chi connectivity index (χ0n) is 16.7. The first-order chi connectivity index (χ1) is 14.8. The van der Waals surface area contributed by atoms with Crippen molar-refractivity contribution in [2.75, 3.05) is 10.2 Å². The number of rotatable bonds is 6. The van der Waals surface area contributed by atoms with Crippen molar-refractivity contribution in [2.24, 2.45) is 5.92 Å². The van der Waals surface area contributed by atoms with Gasteiger partial charge < -0.3 is 10.1 Å². The third kappa shape index (κ3) is 4.98. The van der Waals surface area contributed by atoms with Crippen molar-refractivity contribution in [3.05, 3.63) is 48.2 Å². The Morgan fingerprint density at radius 2 is 2.00 bits per heavy atom. The lowest BCUT2D eigenvalue weighted by Crippen LogP contribution is -2.47. The lowest BCUT2D eigenvalue weighted by Gasteiger charge is -2.29. The Hall–Kier alpha value is -3.10. The van der Waals surface area contributed by atoms with Crippen molar-refractivity contribution in [2.45, 2.75) is 50.9 Å². The number of alkyl halides is 3. The minimum Gasteiger partial charge on any atom is -0.406 e. The van der Waals surface area contributed by atoms with Crippen LogP contribution in [-0.4, -0.2) is 29.2 Å². The van der Waals surface area contributed by atoms with Crippen LogP contribution in [0.3, 0.4) is 0 Å². The number of fused-ring (bicyclic) bond motifs is 1. The molecule has 2 heterocycles. The summed E-state index contributed by atoms with van der Waals surface area (Å²) in [4.78, 5) is 31.6. The second-order valence-corrected chi connectivity index (χ2v) is 7.89. The van der Waals surface area contributed by atoms with E-state index in [0.29, 0.717) is 29.4 Å². The summed E-state index contributed by atoms with van der Waals surface area (Å²) in [5.74, 6) is -0.374. The third-order valence-corrected chi connectivity index (χ3v) is 5.72. The number of hydrogen-bond acceptors (Lipinski definition) is 4. The Morgan fingerprint density at radius 3 is 2.68 bits per heavy atom. The van der Waals surface area contributed by atoms with Crippen molar-refractivity contribution < 1.29 is 27.5 Å². The molecule has 31 heavy (non-hydrogen) atoms. The minimum absolute atomic E-state index is 0.0809. The third-order valence-electron chi connectivity index (χ3n) is 5.72. The minimum atomic E-state index is -4.82. The van der Waals surface area contributed by atoms with Crippen molar-refractivity contribution in [3.8, 4) is 5.75 Å². The van der Waals surface area contributed by atoms with Gasteiger partial charge in [-0.3, -0.25) is 14.5 Å². The van der Waals surface area contributed by atoms with Crippen LogP contribution in [0.1, 0.15) is 37.7 Å². The number of benzene rings is 1. The van der Waals surface area contributed by atoms with Gasteiger partial charge in [0.1, 0.15) is 17.6 Å². The zero-order valence-corrected chi connectivity index (χ0v) is 16.7. The first-order valence-corrected chi connectivity index (χ1v) is 10.2. The van der Waals surface area contributed by atoms with Crippen molar-refractivity contribution >= 4 is 23.3 Å². The monoisotopic (exact) mass is 433 g/mol. The molecule has 1 unspecified atom stereocenters. The molecule has 0 spiro atoms. The fraction of sp³-hybridized carbons (Fsp3) is 0.409. The summed E-state index contributed by atoms with van der Waals surface area (Å²) < 4.78 is 41.6. The summed E-state index contributed by atoms with van der Waals surface area (Å²) in [6, 6.07) is 8.15. The fourth-order valence-corrected chi connectivity index (χ4v) is 4.40. The smallest absolute Gasteiger partial charge is 0.406 e. The number of amides is 2. The highest BCUT2D eigenvalue weighted by Crippen LogP contribution is 2.38. The first kappa shape index (κ1) is 21.1. The van der Waals surface area contributed by atoms with Gasteiger partial charge in [0.2, 0.25) is 11.8 Å². The van der Waals surface area contributed by atoms with E-state index in [4.69, 9.17) is 0 Å². The Kier molecular flexibility index (Phi) is 5.84. The number of hydrogen-bond donors (Lipinski definition) is 1. The molecular formula is C22H22F3N3O3. The summed E-state index contributed by atoms with van der Waals surface area (Å²) >= 11 is 0. The maximum Gasteiger partial charge on any atom is 0.573 e. The standard InChI is InChI=1S/C22H22F3N3O3/c23-22(24,25)31-16-8-9-17-15(12-16)13-20(29)28(17)18(11-14-5-1-2-6-14)21(30)27-19-7-3-4-10-26-19/h3-4,7-10,12,14,18H,1-2,5-6,11,13H2,(H,26,27,30). The highest BCUT2D eigenvalue weighted by atomic mass is 19.4. The molecule has 164 valence electrons. The van der Waals surface area contributed by atoms with E-state index in [1.165, 1.54) is 23.1 Å². The van der Waals surface area contributed by atoms with E-state index < -0.39 is 12.4 Å². The van der Waals surface area contributed by atoms with Crippen LogP contribution in [0.15, 0.2) is 42.6 Å². The molecular weight excluding hydrogens is 411 g/mol. The van der Waals surface area contributed by atoms with Gasteiger partial charge in [-0.1, -0.05) is 31.7 Å². The number of aromatic nitrogens is 1. The quantitative estimate of drug-likeness (QED) is 0.730. The Labute approximate surface area is 177 Å². The zero-order chi connectivity index (χ0) is 22.0. The second kappa shape index (κ2) is 8.56. The predicted octanol–water partition coefficient (Wildman–Crippen LogP) is 4.46. The molecule has 9 heteroatoms. The van der Waals surface area contributed by atoms with Gasteiger partial charge in [0.25, 0.3) is 0 Å². The van der Waals surface area contributed by atoms with E-state index in [0.717, 1.165) is 25.7 Å². The van der Waals surface area contributed by atoms with Crippen molar-refractivity contribution in [3.63, 3.8) is 0 Å². The highest BCUT2D eigenvalue weighted by molar-refractivity contribution is 6.09. The van der Waals surface area contributed by atoms with Gasteiger partial charge in [0.05, 0.1) is 6.42 Å². The molecule has 1 aliphatic heterocycles. The topological polar surface area (TPSA) is 71.5 Å². The molecule has 1 aromatic heterocycles. The average Bonchev–Trinajstić information content (AvgIpc) is 3.32. The fourth-order valence-electron chi connectivity index (χ4n) is 4.40. The van der Waals surface area contributed by atoms with E-state index >= 15 is 0 Å². The Bertz CT molecular complexity index is 959. The Morgan fingerprint density at radius 1 is 1.23 bits per heavy atom. The Balaban J connectivity index is 1.61. The van der Waals surface area contributed by atoms with Gasteiger partial charge >= 0.3 is 6.36 Å². The lowest BCUT2D eigenvalue weighted by molar-refractivity contribution is -0.274. The molecule has 2 amide bonds. The molecule has 0 saturated heterocycles. The molecule has 4 rings (SSSR count). The molecule has 6 nitrogen and oxygen atoms in total. The van der Waals surface area contributed by atoms with E-state index in [1.807, 2.05) is 0 Å². The van der Waals surface area contributed by atoms with Gasteiger partial charge in [-0.05, 0) is 48.2 Å². The van der Waals surface area contributed by atoms with Crippen LogP contribution in [-0.2, 0) is 16.0 Å². The summed E-state index contributed by atoms with van der Waals surface area (Å²) in [6.07, 6.45) is 1.29. The molecule has 1 atom stereocenters. The maximum atomic E-state index is 13.2. The van der Waals surface area contributed by atoms with Crippen LogP contribution in [0.4, 0.5) is 24.7 Å². The van der Waals surface area contributed by atoms with E-state index in [-0.39, 0.29) is 24.0 Å². The number of nitrogens with one attached hydrogen (secondary N) is 1. The van der Waals surface area contributed by atoms with Crippen LogP contribution in [0.2, 0.25) is 0 Å². The molecule has 1 fully saturated rings. The van der Waals surface area contributed by atoms with E-state index in [1.54, 1.807) is 24.4 Å². The molecule has 2 aliphatic rings. The van der Waals surface area contributed by atoms with Gasteiger partial charge in [0.15, 0.2) is 0 Å². The van der Waals surface area contributed by atoms with Crippen molar-refractivity contribution in [1.29, 1.82) is 0 Å².